The van der Waals surface area contributed by atoms with Gasteiger partial charge in [-0.05, 0) is 17.7 Å². The molecule has 0 saturated carbocycles. The van der Waals surface area contributed by atoms with Crippen LogP contribution in [0.4, 0.5) is 0 Å². The molecule has 0 aliphatic carbocycles. The van der Waals surface area contributed by atoms with Crippen molar-refractivity contribution in [3.05, 3.63) is 42.1 Å². The highest BCUT2D eigenvalue weighted by molar-refractivity contribution is 5.81. The maximum atomic E-state index is 11.4. The number of fused-ring (bicyclic) bond motifs is 1. The van der Waals surface area contributed by atoms with E-state index in [0.29, 0.717) is 13.0 Å². The van der Waals surface area contributed by atoms with Crippen molar-refractivity contribution in [2.24, 2.45) is 0 Å². The second-order valence-electron chi connectivity index (χ2n) is 4.70. The summed E-state index contributed by atoms with van der Waals surface area (Å²) in [4.78, 5) is 17.4. The molecular formula is C15H19N3O. The summed E-state index contributed by atoms with van der Waals surface area (Å²) in [6.45, 7) is 1.44. The van der Waals surface area contributed by atoms with Crippen LogP contribution in [0.3, 0.4) is 0 Å². The fourth-order valence-electron chi connectivity index (χ4n) is 1.95. The Labute approximate surface area is 113 Å². The lowest BCUT2D eigenvalue weighted by Crippen LogP contribution is -2.26. The van der Waals surface area contributed by atoms with Crippen LogP contribution in [-0.2, 0) is 11.3 Å². The molecule has 0 aliphatic heterocycles. The second-order valence-corrected chi connectivity index (χ2v) is 4.70. The van der Waals surface area contributed by atoms with Crippen molar-refractivity contribution in [2.45, 2.75) is 13.0 Å². The Balaban J connectivity index is 1.93. The average molecular weight is 257 g/mol. The first-order valence-corrected chi connectivity index (χ1v) is 6.42. The molecule has 1 heterocycles. The normalized spacial score (nSPS) is 10.6. The number of rotatable bonds is 5. The predicted octanol–water partition coefficient (Wildman–Crippen LogP) is 1.80. The van der Waals surface area contributed by atoms with E-state index in [1.54, 1.807) is 19.0 Å². The van der Waals surface area contributed by atoms with Crippen molar-refractivity contribution >= 4 is 16.8 Å². The van der Waals surface area contributed by atoms with E-state index < -0.39 is 0 Å². The number of carbonyl (C=O) groups is 1. The summed E-state index contributed by atoms with van der Waals surface area (Å²) >= 11 is 0. The topological polar surface area (TPSA) is 45.2 Å². The number of nitrogens with one attached hydrogen (secondary N) is 1. The highest BCUT2D eigenvalue weighted by atomic mass is 16.2. The number of amides is 1. The lowest BCUT2D eigenvalue weighted by molar-refractivity contribution is -0.128. The molecule has 0 bridgehead atoms. The van der Waals surface area contributed by atoms with E-state index in [2.05, 4.69) is 16.4 Å². The number of hydrogen-bond acceptors (Lipinski definition) is 3. The molecule has 0 fully saturated rings. The first kappa shape index (κ1) is 13.5. The minimum Gasteiger partial charge on any atom is -0.349 e. The predicted molar refractivity (Wildman–Crippen MR) is 76.8 cm³/mol. The van der Waals surface area contributed by atoms with E-state index in [-0.39, 0.29) is 5.91 Å². The van der Waals surface area contributed by atoms with Gasteiger partial charge in [-0.2, -0.15) is 0 Å². The Morgan fingerprint density at radius 3 is 2.84 bits per heavy atom. The highest BCUT2D eigenvalue weighted by Crippen LogP contribution is 2.15. The van der Waals surface area contributed by atoms with Crippen molar-refractivity contribution < 1.29 is 4.79 Å². The van der Waals surface area contributed by atoms with Crippen molar-refractivity contribution in [1.82, 2.24) is 15.2 Å². The number of pyridine rings is 1. The summed E-state index contributed by atoms with van der Waals surface area (Å²) in [5.74, 6) is 0.145. The van der Waals surface area contributed by atoms with Crippen LogP contribution < -0.4 is 5.32 Å². The lowest BCUT2D eigenvalue weighted by atomic mass is 10.1. The molecule has 0 spiro atoms. The molecule has 1 N–H and O–H groups in total. The number of hydrogen-bond donors (Lipinski definition) is 1. The fraction of sp³-hybridized carbons (Fsp3) is 0.333. The van der Waals surface area contributed by atoms with E-state index in [1.807, 2.05) is 30.5 Å². The van der Waals surface area contributed by atoms with Crippen molar-refractivity contribution in [2.75, 3.05) is 20.6 Å². The van der Waals surface area contributed by atoms with Gasteiger partial charge in [0.05, 0.1) is 5.52 Å². The number of benzene rings is 1. The summed E-state index contributed by atoms with van der Waals surface area (Å²) in [7, 11) is 3.55. The quantitative estimate of drug-likeness (QED) is 0.831. The zero-order valence-corrected chi connectivity index (χ0v) is 11.4. The molecule has 0 aliphatic rings. The van der Waals surface area contributed by atoms with E-state index in [9.17, 15) is 4.79 Å². The molecule has 100 valence electrons. The van der Waals surface area contributed by atoms with Gasteiger partial charge >= 0.3 is 0 Å². The van der Waals surface area contributed by atoms with Crippen LogP contribution >= 0.6 is 0 Å². The van der Waals surface area contributed by atoms with Crippen LogP contribution in [0.25, 0.3) is 10.9 Å². The Morgan fingerprint density at radius 1 is 1.26 bits per heavy atom. The number of aromatic nitrogens is 1. The average Bonchev–Trinajstić information content (AvgIpc) is 2.43. The van der Waals surface area contributed by atoms with Crippen molar-refractivity contribution in [1.29, 1.82) is 0 Å². The molecule has 4 nitrogen and oxygen atoms in total. The SMILES string of the molecule is CN(C)C(=O)CCNCc1ccnc2ccccc12. The van der Waals surface area contributed by atoms with Gasteiger partial charge in [0, 0.05) is 45.2 Å². The van der Waals surface area contributed by atoms with Crippen LogP contribution in [-0.4, -0.2) is 36.4 Å². The van der Waals surface area contributed by atoms with E-state index in [4.69, 9.17) is 0 Å². The molecule has 2 rings (SSSR count). The van der Waals surface area contributed by atoms with Crippen molar-refractivity contribution in [3.8, 4) is 0 Å². The molecule has 1 amide bonds. The number of carbonyl (C=O) groups excluding carboxylic acids is 1. The first-order valence-electron chi connectivity index (χ1n) is 6.42. The molecule has 4 heteroatoms. The Morgan fingerprint density at radius 2 is 2.05 bits per heavy atom. The van der Waals surface area contributed by atoms with Crippen molar-refractivity contribution in [3.63, 3.8) is 0 Å². The van der Waals surface area contributed by atoms with Gasteiger partial charge in [0.15, 0.2) is 0 Å². The summed E-state index contributed by atoms with van der Waals surface area (Å²) in [6.07, 6.45) is 2.35. The van der Waals surface area contributed by atoms with Crippen LogP contribution in [0, 0.1) is 0 Å². The number of nitrogens with zero attached hydrogens (tertiary/aromatic N) is 2. The minimum absolute atomic E-state index is 0.145. The molecule has 0 unspecified atom stereocenters. The number of para-hydroxylation sites is 1. The summed E-state index contributed by atoms with van der Waals surface area (Å²) in [5, 5.41) is 4.47. The molecule has 1 aromatic carbocycles. The third kappa shape index (κ3) is 3.51. The largest absolute Gasteiger partial charge is 0.349 e. The van der Waals surface area contributed by atoms with E-state index >= 15 is 0 Å². The second kappa shape index (κ2) is 6.29. The van der Waals surface area contributed by atoms with E-state index in [0.717, 1.165) is 17.4 Å². The first-order chi connectivity index (χ1) is 9.18. The van der Waals surface area contributed by atoms with Gasteiger partial charge in [-0.25, -0.2) is 0 Å². The Bertz CT molecular complexity index is 561. The van der Waals surface area contributed by atoms with E-state index in [1.165, 1.54) is 5.56 Å². The monoisotopic (exact) mass is 257 g/mol. The highest BCUT2D eigenvalue weighted by Gasteiger charge is 2.04. The zero-order chi connectivity index (χ0) is 13.7. The zero-order valence-electron chi connectivity index (χ0n) is 11.4. The molecule has 2 aromatic rings. The smallest absolute Gasteiger partial charge is 0.223 e. The molecular weight excluding hydrogens is 238 g/mol. The molecule has 1 aromatic heterocycles. The lowest BCUT2D eigenvalue weighted by Gasteiger charge is -2.11. The standard InChI is InChI=1S/C15H19N3O/c1-18(2)15(19)8-9-16-11-12-7-10-17-14-6-4-3-5-13(12)14/h3-7,10,16H,8-9,11H2,1-2H3. The van der Waals surface area contributed by atoms with Crippen LogP contribution in [0.15, 0.2) is 36.5 Å². The molecule has 0 radical (unpaired) electrons. The maximum Gasteiger partial charge on any atom is 0.223 e. The Hall–Kier alpha value is -1.94. The van der Waals surface area contributed by atoms with Gasteiger partial charge in [0.25, 0.3) is 0 Å². The third-order valence-corrected chi connectivity index (χ3v) is 3.07. The summed E-state index contributed by atoms with van der Waals surface area (Å²) in [6, 6.07) is 10.1. The molecule has 19 heavy (non-hydrogen) atoms. The van der Waals surface area contributed by atoms with Gasteiger partial charge in [0.2, 0.25) is 5.91 Å². The van der Waals surface area contributed by atoms with Crippen LogP contribution in [0.2, 0.25) is 0 Å². The summed E-state index contributed by atoms with van der Waals surface area (Å²) < 4.78 is 0. The van der Waals surface area contributed by atoms with Gasteiger partial charge < -0.3 is 10.2 Å². The van der Waals surface area contributed by atoms with Crippen LogP contribution in [0.5, 0.6) is 0 Å². The maximum absolute atomic E-state index is 11.4. The summed E-state index contributed by atoms with van der Waals surface area (Å²) in [5.41, 5.74) is 2.22. The van der Waals surface area contributed by atoms with Gasteiger partial charge in [-0.15, -0.1) is 0 Å². The Kier molecular flexibility index (Phi) is 4.47. The van der Waals surface area contributed by atoms with Gasteiger partial charge in [-0.1, -0.05) is 18.2 Å². The molecule has 0 atom stereocenters. The minimum atomic E-state index is 0.145. The van der Waals surface area contributed by atoms with Gasteiger partial charge in [-0.3, -0.25) is 9.78 Å². The van der Waals surface area contributed by atoms with Crippen LogP contribution in [0.1, 0.15) is 12.0 Å². The van der Waals surface area contributed by atoms with Gasteiger partial charge in [0.1, 0.15) is 0 Å². The fourth-order valence-corrected chi connectivity index (χ4v) is 1.95. The molecule has 0 saturated heterocycles. The third-order valence-electron chi connectivity index (χ3n) is 3.07.